The number of aliphatic carboxylic acids is 2. The zero-order valence-electron chi connectivity index (χ0n) is 18.7. The summed E-state index contributed by atoms with van der Waals surface area (Å²) in [5, 5.41) is 45.7. The number of aliphatic imine (C=N–C) groups is 1. The second-order valence-corrected chi connectivity index (χ2v) is 10.6. The van der Waals surface area contributed by atoms with Crippen molar-refractivity contribution in [2.75, 3.05) is 11.5 Å². The average molecular weight is 578 g/mol. The van der Waals surface area contributed by atoms with E-state index < -0.39 is 24.0 Å². The number of carboxylic acids is 2. The fourth-order valence-electron chi connectivity index (χ4n) is 2.66. The molecule has 2 atom stereocenters. The van der Waals surface area contributed by atoms with E-state index in [1.54, 1.807) is 36.4 Å². The summed E-state index contributed by atoms with van der Waals surface area (Å²) < 4.78 is 1.71. The van der Waals surface area contributed by atoms with Crippen molar-refractivity contribution in [3.05, 3.63) is 46.4 Å². The summed E-state index contributed by atoms with van der Waals surface area (Å²) in [5.74, 6) is -0.870. The Hall–Kier alpha value is -3.42. The van der Waals surface area contributed by atoms with Gasteiger partial charge < -0.3 is 26.2 Å². The Kier molecular flexibility index (Phi) is 9.66. The first kappa shape index (κ1) is 28.2. The van der Waals surface area contributed by atoms with Crippen molar-refractivity contribution in [1.29, 1.82) is 5.26 Å². The van der Waals surface area contributed by atoms with Crippen LogP contribution in [-0.2, 0) is 9.59 Å². The molecule has 0 spiro atoms. The number of carboxylic acid groups (broad SMARTS) is 2. The highest BCUT2D eigenvalue weighted by molar-refractivity contribution is 8.15. The van der Waals surface area contributed by atoms with Crippen LogP contribution in [0.3, 0.4) is 0 Å². The Labute approximate surface area is 227 Å². The van der Waals surface area contributed by atoms with Crippen LogP contribution in [0.5, 0.6) is 11.5 Å². The summed E-state index contributed by atoms with van der Waals surface area (Å²) in [7, 11) is 0. The van der Waals surface area contributed by atoms with E-state index in [0.717, 1.165) is 20.4 Å². The lowest BCUT2D eigenvalue weighted by molar-refractivity contribution is -0.138. The molecule has 5 rings (SSSR count). The van der Waals surface area contributed by atoms with Crippen LogP contribution in [0.15, 0.2) is 41.4 Å². The van der Waals surface area contributed by atoms with E-state index >= 15 is 0 Å². The van der Waals surface area contributed by atoms with E-state index in [4.69, 9.17) is 26.3 Å². The van der Waals surface area contributed by atoms with Gasteiger partial charge in [0, 0.05) is 11.5 Å². The van der Waals surface area contributed by atoms with Gasteiger partial charge in [0.05, 0.1) is 20.4 Å². The molecule has 192 valence electrons. The predicted octanol–water partition coefficient (Wildman–Crippen LogP) is 3.15. The standard InChI is InChI=1S/C11H8N2O3S2.C8H4N2OS.C3H7NO2S/c14-5-1-2-6-8(3-5)18-10(12-6)9-13-7(4-17-9)11(15)16;9-4-8-10-6-2-1-5(11)3-7(6)12-8;4-2(1-7)3(5)6/h1-3,7,14H,4H2,(H,15,16);1-3,11H;2,7H,1,4H2,(H,5,6). The summed E-state index contributed by atoms with van der Waals surface area (Å²) >= 11 is 7.74. The van der Waals surface area contributed by atoms with E-state index in [9.17, 15) is 14.7 Å². The van der Waals surface area contributed by atoms with Crippen molar-refractivity contribution in [2.24, 2.45) is 10.7 Å². The number of nitrogens with zero attached hydrogens (tertiary/aromatic N) is 4. The maximum atomic E-state index is 10.8. The molecule has 1 aliphatic rings. The van der Waals surface area contributed by atoms with Crippen LogP contribution >= 0.6 is 47.1 Å². The molecule has 4 aromatic rings. The third-order valence-corrected chi connectivity index (χ3v) is 8.00. The number of benzene rings is 2. The first-order chi connectivity index (χ1) is 17.6. The molecular formula is C22H19N5O6S4. The molecule has 3 heterocycles. The molecule has 15 heteroatoms. The van der Waals surface area contributed by atoms with Gasteiger partial charge in [0.1, 0.15) is 33.7 Å². The lowest BCUT2D eigenvalue weighted by atomic mass is 10.3. The second-order valence-electron chi connectivity index (χ2n) is 7.18. The van der Waals surface area contributed by atoms with Crippen molar-refractivity contribution in [3.8, 4) is 17.6 Å². The van der Waals surface area contributed by atoms with Crippen LogP contribution in [0.4, 0.5) is 0 Å². The third kappa shape index (κ3) is 7.54. The molecule has 0 saturated carbocycles. The molecule has 0 bridgehead atoms. The maximum absolute atomic E-state index is 10.8. The van der Waals surface area contributed by atoms with E-state index in [1.165, 1.54) is 34.4 Å². The SMILES string of the molecule is N#Cc1nc2ccc(O)cc2s1.NC(CS)C(=O)O.O=C(O)C1CSC(c2nc3ccc(O)cc3s2)=N1. The van der Waals surface area contributed by atoms with Gasteiger partial charge in [0.25, 0.3) is 0 Å². The second kappa shape index (κ2) is 12.7. The summed E-state index contributed by atoms with van der Waals surface area (Å²) in [5.41, 5.74) is 6.49. The number of thiol groups is 1. The minimum atomic E-state index is -1.00. The normalized spacial score (nSPS) is 15.1. The largest absolute Gasteiger partial charge is 0.508 e. The number of phenolic OH excluding ortho intramolecular Hbond substituents is 2. The molecule has 0 fully saturated rings. The molecule has 0 aliphatic carbocycles. The van der Waals surface area contributed by atoms with Crippen LogP contribution < -0.4 is 5.73 Å². The highest BCUT2D eigenvalue weighted by Gasteiger charge is 2.26. The highest BCUT2D eigenvalue weighted by Crippen LogP contribution is 2.31. The molecule has 2 unspecified atom stereocenters. The smallest absolute Gasteiger partial charge is 0.329 e. The fraction of sp³-hybridized carbons (Fsp3) is 0.182. The monoisotopic (exact) mass is 577 g/mol. The number of hydrogen-bond donors (Lipinski definition) is 6. The van der Waals surface area contributed by atoms with Crippen molar-refractivity contribution >= 4 is 84.5 Å². The van der Waals surface area contributed by atoms with Gasteiger partial charge in [-0.3, -0.25) is 9.79 Å². The van der Waals surface area contributed by atoms with Gasteiger partial charge in [-0.1, -0.05) is 0 Å². The Morgan fingerprint density at radius 1 is 1.08 bits per heavy atom. The highest BCUT2D eigenvalue weighted by atomic mass is 32.2. The number of thioether (sulfide) groups is 1. The van der Waals surface area contributed by atoms with Gasteiger partial charge in [-0.2, -0.15) is 17.9 Å². The fourth-order valence-corrected chi connectivity index (χ4v) is 5.71. The van der Waals surface area contributed by atoms with Gasteiger partial charge >= 0.3 is 11.9 Å². The zero-order valence-corrected chi connectivity index (χ0v) is 22.0. The molecule has 6 N–H and O–H groups in total. The van der Waals surface area contributed by atoms with Crippen molar-refractivity contribution in [2.45, 2.75) is 12.1 Å². The Morgan fingerprint density at radius 3 is 2.16 bits per heavy atom. The number of hydrogen-bond acceptors (Lipinski definition) is 13. The molecule has 11 nitrogen and oxygen atoms in total. The first-order valence-corrected chi connectivity index (χ1v) is 13.5. The lowest BCUT2D eigenvalue weighted by Gasteiger charge is -1.96. The van der Waals surface area contributed by atoms with Crippen molar-refractivity contribution < 1.29 is 30.0 Å². The van der Waals surface area contributed by atoms with Crippen LogP contribution in [0.25, 0.3) is 20.4 Å². The average Bonchev–Trinajstić information content (AvgIpc) is 3.61. The van der Waals surface area contributed by atoms with Gasteiger partial charge in [0.2, 0.25) is 0 Å². The number of phenols is 2. The van der Waals surface area contributed by atoms with E-state index in [2.05, 4.69) is 27.6 Å². The first-order valence-electron chi connectivity index (χ1n) is 10.2. The number of fused-ring (bicyclic) bond motifs is 2. The molecule has 1 aliphatic heterocycles. The van der Waals surface area contributed by atoms with Gasteiger partial charge in [0.15, 0.2) is 11.0 Å². The van der Waals surface area contributed by atoms with E-state index in [1.807, 2.05) is 6.07 Å². The van der Waals surface area contributed by atoms with Gasteiger partial charge in [-0.25, -0.2) is 14.8 Å². The molecule has 0 amide bonds. The molecule has 2 aromatic carbocycles. The molecule has 0 radical (unpaired) electrons. The number of rotatable bonds is 4. The third-order valence-electron chi connectivity index (χ3n) is 4.47. The number of thiazole rings is 2. The Balaban J connectivity index is 0.000000173. The summed E-state index contributed by atoms with van der Waals surface area (Å²) in [6.45, 7) is 0. The van der Waals surface area contributed by atoms with Crippen LogP contribution in [0.1, 0.15) is 10.0 Å². The molecule has 37 heavy (non-hydrogen) atoms. The number of carbonyl (C=O) groups is 2. The van der Waals surface area contributed by atoms with Crippen molar-refractivity contribution in [3.63, 3.8) is 0 Å². The number of nitrogens with two attached hydrogens (primary N) is 1. The lowest BCUT2D eigenvalue weighted by Crippen LogP contribution is -2.31. The zero-order chi connectivity index (χ0) is 27.1. The minimum absolute atomic E-state index is 0.190. The topological polar surface area (TPSA) is 203 Å². The minimum Gasteiger partial charge on any atom is -0.508 e. The Bertz CT molecular complexity index is 1510. The van der Waals surface area contributed by atoms with Crippen LogP contribution in [-0.4, -0.2) is 71.0 Å². The quantitative estimate of drug-likeness (QED) is 0.194. The summed E-state index contributed by atoms with van der Waals surface area (Å²) in [6, 6.07) is 10.3. The number of aromatic nitrogens is 2. The maximum Gasteiger partial charge on any atom is 0.329 e. The Morgan fingerprint density at radius 2 is 1.68 bits per heavy atom. The molecule has 2 aromatic heterocycles. The molecule has 0 saturated heterocycles. The summed E-state index contributed by atoms with van der Waals surface area (Å²) in [6.07, 6.45) is 0. The number of nitriles is 1. The van der Waals surface area contributed by atoms with Crippen LogP contribution in [0.2, 0.25) is 0 Å². The van der Waals surface area contributed by atoms with Gasteiger partial charge in [-0.15, -0.1) is 34.4 Å². The van der Waals surface area contributed by atoms with E-state index in [-0.39, 0.29) is 17.3 Å². The predicted molar refractivity (Wildman–Crippen MR) is 147 cm³/mol. The van der Waals surface area contributed by atoms with Gasteiger partial charge in [-0.05, 0) is 36.4 Å². The summed E-state index contributed by atoms with van der Waals surface area (Å²) in [4.78, 5) is 33.1. The van der Waals surface area contributed by atoms with Crippen molar-refractivity contribution in [1.82, 2.24) is 9.97 Å². The van der Waals surface area contributed by atoms with E-state index in [0.29, 0.717) is 20.8 Å². The molecular weight excluding hydrogens is 559 g/mol. The van der Waals surface area contributed by atoms with Crippen LogP contribution in [0, 0.1) is 11.3 Å². The number of aromatic hydroxyl groups is 2.